The molecule has 0 saturated carbocycles. The van der Waals surface area contributed by atoms with Gasteiger partial charge in [-0.3, -0.25) is 9.59 Å². The minimum Gasteiger partial charge on any atom is -0.461 e. The lowest BCUT2D eigenvalue weighted by atomic mass is 10.3. The van der Waals surface area contributed by atoms with Crippen LogP contribution in [0.3, 0.4) is 0 Å². The Hall–Kier alpha value is 0.320. The molecule has 3 unspecified atom stereocenters. The van der Waals surface area contributed by atoms with Crippen molar-refractivity contribution in [3.05, 3.63) is 0 Å². The predicted molar refractivity (Wildman–Crippen MR) is 94.2 cm³/mol. The van der Waals surface area contributed by atoms with Crippen molar-refractivity contribution in [1.82, 2.24) is 0 Å². The van der Waals surface area contributed by atoms with Gasteiger partial charge in [0.2, 0.25) is 0 Å². The summed E-state index contributed by atoms with van der Waals surface area (Å²) >= 11 is 4.02. The average molecular weight is 526 g/mol. The maximum atomic E-state index is 11.8. The summed E-state index contributed by atoms with van der Waals surface area (Å²) in [6.45, 7) is 7.49. The van der Waals surface area contributed by atoms with Gasteiger partial charge in [0.05, 0.1) is 13.2 Å². The normalized spacial score (nSPS) is 20.4. The molecule has 3 atom stereocenters. The lowest BCUT2D eigenvalue weighted by Crippen LogP contribution is -3.15. The summed E-state index contributed by atoms with van der Waals surface area (Å²) in [7, 11) is 0. The predicted octanol–water partition coefficient (Wildman–Crippen LogP) is 0.00350. The maximum Gasteiger partial charge on any atom is 0.319 e. The molecule has 1 rings (SSSR count). The van der Waals surface area contributed by atoms with E-state index in [9.17, 15) is 9.59 Å². The Morgan fingerprint density at radius 3 is 2.24 bits per heavy atom. The van der Waals surface area contributed by atoms with Gasteiger partial charge in [0.25, 0.3) is 0 Å². The molecule has 1 saturated heterocycles. The van der Waals surface area contributed by atoms with Crippen LogP contribution in [-0.4, -0.2) is 65.3 Å². The quantitative estimate of drug-likeness (QED) is 0.288. The summed E-state index contributed by atoms with van der Waals surface area (Å²) in [6.07, 6.45) is -0.401. The van der Waals surface area contributed by atoms with Crippen molar-refractivity contribution in [2.45, 2.75) is 27.8 Å². The minimum atomic E-state index is -0.401. The second-order valence-electron chi connectivity index (χ2n) is 4.99. The molecule has 0 aromatic rings. The highest BCUT2D eigenvalue weighted by molar-refractivity contribution is 14.1. The van der Waals surface area contributed by atoms with Gasteiger partial charge in [0, 0.05) is 0 Å². The lowest BCUT2D eigenvalue weighted by Gasteiger charge is -2.27. The van der Waals surface area contributed by atoms with Crippen LogP contribution in [0.15, 0.2) is 0 Å². The number of esters is 2. The van der Waals surface area contributed by atoms with E-state index in [1.807, 2.05) is 45.2 Å². The third-order valence-electron chi connectivity index (χ3n) is 3.06. The molecule has 1 aliphatic rings. The van der Waals surface area contributed by atoms with Gasteiger partial charge in [-0.05, 0) is 13.8 Å². The number of hydrogen-bond donors (Lipinski definition) is 1. The molecule has 0 radical (unpaired) electrons. The number of morpholine rings is 1. The fraction of sp³-hybridized carbons (Fsp3) is 0.846. The zero-order valence-electron chi connectivity index (χ0n) is 12.3. The van der Waals surface area contributed by atoms with Gasteiger partial charge < -0.3 is 19.1 Å². The fourth-order valence-corrected chi connectivity index (χ4v) is 2.20. The van der Waals surface area contributed by atoms with E-state index < -0.39 is 6.10 Å². The molecule has 1 N–H and O–H groups in total. The molecule has 122 valence electrons. The number of rotatable bonds is 7. The minimum absolute atomic E-state index is 0.117. The highest BCUT2D eigenvalue weighted by atomic mass is 127. The van der Waals surface area contributed by atoms with Gasteiger partial charge >= 0.3 is 11.9 Å². The molecule has 1 aliphatic heterocycles. The number of hydrogen-bond acceptors (Lipinski definition) is 5. The standard InChI is InChI=1S/C13H21I2NO5/c1-9(14)12(17)20-8-11(21-13(18)10(2)15)7-16-3-5-19-6-4-16/h9-11H,3-8H2,1-2H3/p+1. The highest BCUT2D eigenvalue weighted by Gasteiger charge is 2.26. The first kappa shape index (κ1) is 19.4. The van der Waals surface area contributed by atoms with E-state index in [1.54, 1.807) is 13.8 Å². The van der Waals surface area contributed by atoms with Crippen LogP contribution in [0.2, 0.25) is 0 Å². The van der Waals surface area contributed by atoms with Crippen LogP contribution in [-0.2, 0) is 23.8 Å². The van der Waals surface area contributed by atoms with Crippen LogP contribution in [0.1, 0.15) is 13.8 Å². The molecule has 0 bridgehead atoms. The lowest BCUT2D eigenvalue weighted by molar-refractivity contribution is -0.910. The first-order valence-electron chi connectivity index (χ1n) is 6.96. The average Bonchev–Trinajstić information content (AvgIpc) is 2.45. The zero-order chi connectivity index (χ0) is 15.8. The van der Waals surface area contributed by atoms with E-state index >= 15 is 0 Å². The number of carbonyl (C=O) groups is 2. The number of quaternary nitrogens is 1. The Morgan fingerprint density at radius 2 is 1.71 bits per heavy atom. The maximum absolute atomic E-state index is 11.8. The van der Waals surface area contributed by atoms with Gasteiger partial charge in [0.1, 0.15) is 34.1 Å². The third kappa shape index (κ3) is 7.93. The first-order valence-corrected chi connectivity index (χ1v) is 9.46. The van der Waals surface area contributed by atoms with E-state index in [4.69, 9.17) is 14.2 Å². The molecule has 6 nitrogen and oxygen atoms in total. The molecule has 0 aromatic carbocycles. The number of alkyl halides is 2. The molecule has 8 heteroatoms. The van der Waals surface area contributed by atoms with Crippen molar-refractivity contribution in [2.75, 3.05) is 39.5 Å². The molecule has 0 amide bonds. The van der Waals surface area contributed by atoms with E-state index in [2.05, 4.69) is 0 Å². The van der Waals surface area contributed by atoms with Crippen molar-refractivity contribution < 1.29 is 28.7 Å². The van der Waals surface area contributed by atoms with E-state index in [0.29, 0.717) is 19.8 Å². The Labute approximate surface area is 152 Å². The van der Waals surface area contributed by atoms with Crippen LogP contribution < -0.4 is 4.90 Å². The molecule has 21 heavy (non-hydrogen) atoms. The summed E-state index contributed by atoms with van der Waals surface area (Å²) in [4.78, 5) is 24.6. The van der Waals surface area contributed by atoms with E-state index in [0.717, 1.165) is 13.1 Å². The summed E-state index contributed by atoms with van der Waals surface area (Å²) in [6, 6.07) is 0. The molecule has 0 aliphatic carbocycles. The second-order valence-corrected chi connectivity index (χ2v) is 8.72. The summed E-state index contributed by atoms with van der Waals surface area (Å²) in [5, 5.41) is 0. The van der Waals surface area contributed by atoms with Gasteiger partial charge in [-0.1, -0.05) is 45.2 Å². The Kier molecular flexibility index (Phi) is 9.37. The molecule has 0 aromatic heterocycles. The third-order valence-corrected chi connectivity index (χ3v) is 4.08. The Balaban J connectivity index is 2.51. The van der Waals surface area contributed by atoms with Crippen molar-refractivity contribution >= 4 is 57.1 Å². The van der Waals surface area contributed by atoms with Crippen LogP contribution >= 0.6 is 45.2 Å². The number of halogens is 2. The van der Waals surface area contributed by atoms with Gasteiger partial charge in [-0.2, -0.15) is 0 Å². The topological polar surface area (TPSA) is 66.3 Å². The number of ether oxygens (including phenoxy) is 3. The van der Waals surface area contributed by atoms with Gasteiger partial charge in [0.15, 0.2) is 6.10 Å². The van der Waals surface area contributed by atoms with E-state index in [-0.39, 0.29) is 26.4 Å². The summed E-state index contributed by atoms with van der Waals surface area (Å²) < 4.78 is 15.6. The van der Waals surface area contributed by atoms with Crippen LogP contribution in [0.25, 0.3) is 0 Å². The SMILES string of the molecule is CC(I)C(=O)OCC(C[NH+]1CCOCC1)OC(=O)C(C)I. The zero-order valence-corrected chi connectivity index (χ0v) is 16.6. The fourth-order valence-electron chi connectivity index (χ4n) is 1.87. The monoisotopic (exact) mass is 526 g/mol. The summed E-state index contributed by atoms with van der Waals surface area (Å²) in [5.41, 5.74) is 0. The largest absolute Gasteiger partial charge is 0.461 e. The van der Waals surface area contributed by atoms with Crippen LogP contribution in [0, 0.1) is 0 Å². The Bertz CT molecular complexity index is 345. The second kappa shape index (κ2) is 10.2. The Morgan fingerprint density at radius 1 is 1.14 bits per heavy atom. The molecule has 0 spiro atoms. The van der Waals surface area contributed by atoms with Crippen molar-refractivity contribution in [1.29, 1.82) is 0 Å². The smallest absolute Gasteiger partial charge is 0.319 e. The summed E-state index contributed by atoms with van der Waals surface area (Å²) in [5.74, 6) is -0.553. The van der Waals surface area contributed by atoms with Gasteiger partial charge in [-0.15, -0.1) is 0 Å². The number of nitrogens with one attached hydrogen (secondary N) is 1. The molecule has 1 heterocycles. The number of carbonyl (C=O) groups excluding carboxylic acids is 2. The van der Waals surface area contributed by atoms with E-state index in [1.165, 1.54) is 4.90 Å². The molecule has 1 fully saturated rings. The highest BCUT2D eigenvalue weighted by Crippen LogP contribution is 2.06. The van der Waals surface area contributed by atoms with Crippen LogP contribution in [0.5, 0.6) is 0 Å². The van der Waals surface area contributed by atoms with Crippen LogP contribution in [0.4, 0.5) is 0 Å². The van der Waals surface area contributed by atoms with Crippen molar-refractivity contribution in [3.8, 4) is 0 Å². The molecular formula is C13H22I2NO5+. The van der Waals surface area contributed by atoms with Crippen molar-refractivity contribution in [3.63, 3.8) is 0 Å². The van der Waals surface area contributed by atoms with Gasteiger partial charge in [-0.25, -0.2) is 0 Å². The first-order chi connectivity index (χ1) is 9.90. The molecular weight excluding hydrogens is 504 g/mol. The van der Waals surface area contributed by atoms with Crippen molar-refractivity contribution in [2.24, 2.45) is 0 Å².